The Balaban J connectivity index is 1.41. The Morgan fingerprint density at radius 3 is 2.42 bits per heavy atom. The van der Waals surface area contributed by atoms with Gasteiger partial charge in [-0.3, -0.25) is 23.7 Å². The van der Waals surface area contributed by atoms with E-state index >= 15 is 0 Å². The van der Waals surface area contributed by atoms with Gasteiger partial charge in [0.05, 0.1) is 16.6 Å². The fourth-order valence-electron chi connectivity index (χ4n) is 5.20. The van der Waals surface area contributed by atoms with Crippen LogP contribution in [0.5, 0.6) is 0 Å². The standard InChI is InChI=1S/C29H21BrFN3O4S2/c1-15-3-2-4-19(13-15)32-21(35)14-33-28-25(40-29(33)38)22(16-5-7-17(30)8-6-16)23-24(39-28)27(37)34(26(23)36)20-11-9-18(31)10-12-20/h2-13,22-24H,14H2,1H3,(H,32,35)/t22-,23?,24?/m1/s1. The van der Waals surface area contributed by atoms with Crippen LogP contribution in [-0.2, 0) is 20.9 Å². The van der Waals surface area contributed by atoms with Crippen LogP contribution >= 0.6 is 39.0 Å². The minimum atomic E-state index is -0.821. The summed E-state index contributed by atoms with van der Waals surface area (Å²) in [7, 11) is 0. The number of carbonyl (C=O) groups is 3. The van der Waals surface area contributed by atoms with E-state index in [9.17, 15) is 23.6 Å². The molecule has 2 aliphatic heterocycles. The zero-order valence-corrected chi connectivity index (χ0v) is 24.2. The summed E-state index contributed by atoms with van der Waals surface area (Å²) in [5.41, 5.74) is 2.67. The predicted molar refractivity (Wildman–Crippen MR) is 156 cm³/mol. The first kappa shape index (κ1) is 26.7. The molecule has 3 atom stereocenters. The van der Waals surface area contributed by atoms with Crippen molar-refractivity contribution in [1.29, 1.82) is 0 Å². The smallest absolute Gasteiger partial charge is 0.308 e. The molecular weight excluding hydrogens is 617 g/mol. The molecule has 0 aliphatic carbocycles. The van der Waals surface area contributed by atoms with Gasteiger partial charge >= 0.3 is 4.87 Å². The van der Waals surface area contributed by atoms with Gasteiger partial charge in [0.1, 0.15) is 17.6 Å². The maximum atomic E-state index is 13.8. The van der Waals surface area contributed by atoms with E-state index in [0.717, 1.165) is 43.6 Å². The van der Waals surface area contributed by atoms with Crippen LogP contribution in [0.2, 0.25) is 0 Å². The number of halogens is 2. The number of fused-ring (bicyclic) bond motifs is 2. The van der Waals surface area contributed by atoms with E-state index in [1.165, 1.54) is 28.8 Å². The molecule has 1 saturated heterocycles. The van der Waals surface area contributed by atoms with Crippen LogP contribution in [0.4, 0.5) is 15.8 Å². The summed E-state index contributed by atoms with van der Waals surface area (Å²) in [5.74, 6) is -3.04. The Morgan fingerprint density at radius 2 is 1.73 bits per heavy atom. The SMILES string of the molecule is Cc1cccc(NC(=O)Cn2c3c(sc2=O)[C@H](c2ccc(Br)cc2)C2C(=O)N(c4ccc(F)cc4)C(=O)C2S3)c1. The molecular formula is C29H21BrFN3O4S2. The topological polar surface area (TPSA) is 88.5 Å². The van der Waals surface area contributed by atoms with Crippen molar-refractivity contribution in [2.75, 3.05) is 10.2 Å². The van der Waals surface area contributed by atoms with Gasteiger partial charge in [0.15, 0.2) is 0 Å². The van der Waals surface area contributed by atoms with Crippen LogP contribution in [-0.4, -0.2) is 27.5 Å². The molecule has 0 radical (unpaired) electrons. The average molecular weight is 639 g/mol. The average Bonchev–Trinajstić information content (AvgIpc) is 3.36. The van der Waals surface area contributed by atoms with Crippen LogP contribution in [0.1, 0.15) is 21.9 Å². The van der Waals surface area contributed by atoms with Crippen molar-refractivity contribution in [2.24, 2.45) is 5.92 Å². The molecule has 0 saturated carbocycles. The lowest BCUT2D eigenvalue weighted by Crippen LogP contribution is -2.33. The quantitative estimate of drug-likeness (QED) is 0.290. The van der Waals surface area contributed by atoms with E-state index in [1.807, 2.05) is 49.4 Å². The first-order valence-corrected chi connectivity index (χ1v) is 14.9. The highest BCUT2D eigenvalue weighted by atomic mass is 79.9. The van der Waals surface area contributed by atoms with Gasteiger partial charge in [0.2, 0.25) is 17.7 Å². The minimum absolute atomic E-state index is 0.236. The number of carbonyl (C=O) groups excluding carboxylic acids is 3. The number of aryl methyl sites for hydroxylation is 1. The largest absolute Gasteiger partial charge is 0.325 e. The van der Waals surface area contributed by atoms with E-state index in [2.05, 4.69) is 21.2 Å². The maximum absolute atomic E-state index is 13.8. The first-order chi connectivity index (χ1) is 19.2. The molecule has 1 aromatic heterocycles. The number of aromatic nitrogens is 1. The Morgan fingerprint density at radius 1 is 1.00 bits per heavy atom. The van der Waals surface area contributed by atoms with Crippen molar-refractivity contribution in [3.8, 4) is 0 Å². The van der Waals surface area contributed by atoms with Gasteiger partial charge in [-0.2, -0.15) is 0 Å². The van der Waals surface area contributed by atoms with E-state index < -0.39 is 34.7 Å². The monoisotopic (exact) mass is 637 g/mol. The molecule has 40 heavy (non-hydrogen) atoms. The van der Waals surface area contributed by atoms with Crippen LogP contribution in [0.15, 0.2) is 87.1 Å². The molecule has 202 valence electrons. The molecule has 7 nitrogen and oxygen atoms in total. The summed E-state index contributed by atoms with van der Waals surface area (Å²) in [5, 5.41) is 2.52. The van der Waals surface area contributed by atoms with E-state index in [4.69, 9.17) is 0 Å². The Labute approximate surface area is 245 Å². The van der Waals surface area contributed by atoms with E-state index in [1.54, 1.807) is 6.07 Å². The third-order valence-corrected chi connectivity index (χ3v) is 10.1. The van der Waals surface area contributed by atoms with Gasteiger partial charge in [-0.1, -0.05) is 63.3 Å². The maximum Gasteiger partial charge on any atom is 0.308 e. The second-order valence-electron chi connectivity index (χ2n) is 9.62. The summed E-state index contributed by atoms with van der Waals surface area (Å²) in [6.07, 6.45) is 0. The van der Waals surface area contributed by atoms with Crippen molar-refractivity contribution in [1.82, 2.24) is 4.57 Å². The number of hydrogen-bond donors (Lipinski definition) is 1. The van der Waals surface area contributed by atoms with Gasteiger partial charge in [-0.15, -0.1) is 0 Å². The van der Waals surface area contributed by atoms with Crippen molar-refractivity contribution in [3.63, 3.8) is 0 Å². The van der Waals surface area contributed by atoms with Gasteiger partial charge in [0.25, 0.3) is 0 Å². The molecule has 0 spiro atoms. The highest BCUT2D eigenvalue weighted by Crippen LogP contribution is 2.53. The highest BCUT2D eigenvalue weighted by molar-refractivity contribution is 9.10. The van der Waals surface area contributed by atoms with Crippen molar-refractivity contribution in [2.45, 2.75) is 29.7 Å². The van der Waals surface area contributed by atoms with Gasteiger partial charge in [-0.25, -0.2) is 9.29 Å². The zero-order valence-electron chi connectivity index (χ0n) is 21.0. The Hall–Kier alpha value is -3.54. The number of hydrogen-bond acceptors (Lipinski definition) is 6. The number of nitrogens with zero attached hydrogens (tertiary/aromatic N) is 2. The fourth-order valence-corrected chi connectivity index (χ4v) is 8.23. The molecule has 4 aromatic rings. The van der Waals surface area contributed by atoms with Crippen LogP contribution in [0, 0.1) is 18.7 Å². The number of nitrogens with one attached hydrogen (secondary N) is 1. The molecule has 1 N–H and O–H groups in total. The zero-order chi connectivity index (χ0) is 28.1. The molecule has 2 unspecified atom stereocenters. The highest BCUT2D eigenvalue weighted by Gasteiger charge is 2.56. The van der Waals surface area contributed by atoms with E-state index in [-0.39, 0.29) is 17.3 Å². The van der Waals surface area contributed by atoms with Gasteiger partial charge in [0, 0.05) is 21.0 Å². The molecule has 1 fully saturated rings. The summed E-state index contributed by atoms with van der Waals surface area (Å²) in [4.78, 5) is 55.2. The van der Waals surface area contributed by atoms with Crippen LogP contribution in [0.25, 0.3) is 0 Å². The van der Waals surface area contributed by atoms with Gasteiger partial charge < -0.3 is 5.32 Å². The summed E-state index contributed by atoms with van der Waals surface area (Å²) < 4.78 is 15.8. The third kappa shape index (κ3) is 4.71. The third-order valence-electron chi connectivity index (χ3n) is 6.97. The van der Waals surface area contributed by atoms with Crippen LogP contribution in [0.3, 0.4) is 0 Å². The number of rotatable bonds is 5. The lowest BCUT2D eigenvalue weighted by atomic mass is 9.83. The minimum Gasteiger partial charge on any atom is -0.325 e. The normalized spacial score (nSPS) is 19.9. The lowest BCUT2D eigenvalue weighted by Gasteiger charge is -2.30. The number of benzene rings is 3. The van der Waals surface area contributed by atoms with E-state index in [0.29, 0.717) is 21.3 Å². The number of thiazole rings is 1. The fraction of sp³-hybridized carbons (Fsp3) is 0.172. The number of anilines is 2. The van der Waals surface area contributed by atoms with Crippen molar-refractivity contribution < 1.29 is 18.8 Å². The summed E-state index contributed by atoms with van der Waals surface area (Å²) >= 11 is 5.57. The molecule has 2 aliphatic rings. The summed E-state index contributed by atoms with van der Waals surface area (Å²) in [6, 6.07) is 20.0. The Bertz CT molecular complexity index is 1720. The molecule has 3 amide bonds. The molecule has 11 heteroatoms. The number of amides is 3. The number of thioether (sulfide) groups is 1. The Kier molecular flexibility index (Phi) is 6.97. The first-order valence-electron chi connectivity index (χ1n) is 12.4. The molecule has 6 rings (SSSR count). The van der Waals surface area contributed by atoms with Crippen LogP contribution < -0.4 is 15.1 Å². The summed E-state index contributed by atoms with van der Waals surface area (Å²) in [6.45, 7) is 1.68. The second-order valence-corrected chi connectivity index (χ2v) is 12.7. The number of imide groups is 1. The second kappa shape index (κ2) is 10.5. The lowest BCUT2D eigenvalue weighted by molar-refractivity contribution is -0.122. The molecule has 0 bridgehead atoms. The van der Waals surface area contributed by atoms with Gasteiger partial charge in [-0.05, 0) is 66.6 Å². The predicted octanol–water partition coefficient (Wildman–Crippen LogP) is 5.55. The van der Waals surface area contributed by atoms with Crippen molar-refractivity contribution >= 4 is 68.1 Å². The van der Waals surface area contributed by atoms with Crippen molar-refractivity contribution in [3.05, 3.63) is 109 Å². The molecule has 3 aromatic carbocycles. The molecule has 3 heterocycles.